The Morgan fingerprint density at radius 2 is 1.93 bits per heavy atom. The van der Waals surface area contributed by atoms with Crippen molar-refractivity contribution in [3.05, 3.63) is 69.0 Å². The van der Waals surface area contributed by atoms with Crippen LogP contribution in [-0.4, -0.2) is 32.6 Å². The summed E-state index contributed by atoms with van der Waals surface area (Å²) in [5, 5.41) is 16.7. The van der Waals surface area contributed by atoms with E-state index in [1.54, 1.807) is 23.6 Å². The number of hydrogen-bond donors (Lipinski definition) is 3. The van der Waals surface area contributed by atoms with E-state index in [1.165, 1.54) is 46.9 Å². The van der Waals surface area contributed by atoms with E-state index in [9.17, 15) is 18.3 Å². The van der Waals surface area contributed by atoms with E-state index in [4.69, 9.17) is 10.5 Å². The molecular weight excluding hydrogens is 420 g/mol. The van der Waals surface area contributed by atoms with Crippen molar-refractivity contribution >= 4 is 38.6 Å². The average molecular weight is 439 g/mol. The Morgan fingerprint density at radius 1 is 1.18 bits per heavy atom. The Morgan fingerprint density at radius 3 is 2.50 bits per heavy atom. The quantitative estimate of drug-likeness (QED) is 0.471. The predicted octanol–water partition coefficient (Wildman–Crippen LogP) is 1.89. The molecule has 4 N–H and O–H groups in total. The maximum atomic E-state index is 12.7. The molecule has 0 fully saturated rings. The summed E-state index contributed by atoms with van der Waals surface area (Å²) >= 11 is 2.77. The largest absolute Gasteiger partial charge is 0.484 e. The first kappa shape index (κ1) is 20.5. The van der Waals surface area contributed by atoms with Gasteiger partial charge in [0.15, 0.2) is 6.61 Å². The zero-order valence-electron chi connectivity index (χ0n) is 14.6. The van der Waals surface area contributed by atoms with E-state index in [0.29, 0.717) is 16.2 Å². The molecule has 2 heterocycles. The number of nitrogens with one attached hydrogen (secondary N) is 1. The summed E-state index contributed by atoms with van der Waals surface area (Å²) in [5.74, 6) is -0.300. The van der Waals surface area contributed by atoms with Crippen LogP contribution in [0.5, 0.6) is 5.75 Å². The second-order valence-corrected chi connectivity index (χ2v) is 9.40. The van der Waals surface area contributed by atoms with E-state index >= 15 is 0 Å². The third kappa shape index (κ3) is 4.59. The van der Waals surface area contributed by atoms with E-state index in [1.807, 2.05) is 10.8 Å². The topological polar surface area (TPSA) is 119 Å². The fraction of sp³-hybridized carbons (Fsp3) is 0.167. The highest BCUT2D eigenvalue weighted by molar-refractivity contribution is 7.89. The molecule has 0 saturated heterocycles. The highest BCUT2D eigenvalue weighted by Gasteiger charge is 2.34. The van der Waals surface area contributed by atoms with Gasteiger partial charge in [0, 0.05) is 17.0 Å². The van der Waals surface area contributed by atoms with E-state index < -0.39 is 21.5 Å². The summed E-state index contributed by atoms with van der Waals surface area (Å²) in [6, 6.07) is 10.9. The normalized spacial score (nSPS) is 13.8. The van der Waals surface area contributed by atoms with Gasteiger partial charge in [-0.1, -0.05) is 6.07 Å². The van der Waals surface area contributed by atoms with Crippen molar-refractivity contribution in [3.63, 3.8) is 0 Å². The number of rotatable bonds is 9. The smallest absolute Gasteiger partial charge is 0.255 e. The van der Waals surface area contributed by atoms with Gasteiger partial charge in [-0.2, -0.15) is 11.3 Å². The first-order chi connectivity index (χ1) is 13.3. The van der Waals surface area contributed by atoms with Gasteiger partial charge < -0.3 is 15.6 Å². The van der Waals surface area contributed by atoms with Gasteiger partial charge in [-0.15, -0.1) is 11.3 Å². The van der Waals surface area contributed by atoms with Crippen LogP contribution in [-0.2, 0) is 20.4 Å². The molecule has 0 radical (unpaired) electrons. The monoisotopic (exact) mass is 438 g/mol. The van der Waals surface area contributed by atoms with Crippen LogP contribution in [0.2, 0.25) is 0 Å². The second-order valence-electron chi connectivity index (χ2n) is 5.90. The van der Waals surface area contributed by atoms with Crippen molar-refractivity contribution in [3.8, 4) is 5.75 Å². The summed E-state index contributed by atoms with van der Waals surface area (Å²) in [6.45, 7) is -0.509. The molecule has 148 valence electrons. The van der Waals surface area contributed by atoms with Crippen molar-refractivity contribution in [2.24, 2.45) is 5.73 Å². The molecule has 0 aliphatic heterocycles. The van der Waals surface area contributed by atoms with Gasteiger partial charge in [0.1, 0.15) is 11.4 Å². The summed E-state index contributed by atoms with van der Waals surface area (Å²) in [4.78, 5) is 11.4. The number of carbonyl (C=O) groups excluding carboxylic acids is 1. The average Bonchev–Trinajstić information content (AvgIpc) is 3.39. The summed E-state index contributed by atoms with van der Waals surface area (Å²) in [5.41, 5.74) is 4.16. The number of hydrogen-bond acceptors (Lipinski definition) is 7. The number of carbonyl (C=O) groups is 1. The number of sulfonamides is 1. The van der Waals surface area contributed by atoms with Crippen LogP contribution in [0.15, 0.2) is 63.5 Å². The Balaban J connectivity index is 1.77. The number of aliphatic hydroxyl groups is 1. The maximum absolute atomic E-state index is 12.7. The molecule has 1 unspecified atom stereocenters. The molecule has 3 aromatic rings. The Kier molecular flexibility index (Phi) is 6.16. The van der Waals surface area contributed by atoms with Gasteiger partial charge in [0.2, 0.25) is 10.0 Å². The van der Waals surface area contributed by atoms with Crippen molar-refractivity contribution < 1.29 is 23.1 Å². The number of amides is 1. The van der Waals surface area contributed by atoms with Crippen LogP contribution in [0.25, 0.3) is 0 Å². The molecule has 1 aromatic carbocycles. The minimum Gasteiger partial charge on any atom is -0.484 e. The van der Waals surface area contributed by atoms with E-state index in [0.717, 1.165) is 0 Å². The summed E-state index contributed by atoms with van der Waals surface area (Å²) < 4.78 is 32.9. The Bertz CT molecular complexity index is 980. The summed E-state index contributed by atoms with van der Waals surface area (Å²) in [7, 11) is -3.87. The SMILES string of the molecule is NC(=O)COc1ccc(S(=O)(=O)NCC(O)(c2ccsc2)c2cccs2)cc1. The molecule has 10 heteroatoms. The van der Waals surface area contributed by atoms with Crippen LogP contribution < -0.4 is 15.2 Å². The lowest BCUT2D eigenvalue weighted by Gasteiger charge is -2.27. The second kappa shape index (κ2) is 8.41. The number of ether oxygens (including phenoxy) is 1. The van der Waals surface area contributed by atoms with Crippen LogP contribution >= 0.6 is 22.7 Å². The third-order valence-corrected chi connectivity index (χ3v) is 7.08. The van der Waals surface area contributed by atoms with E-state index in [2.05, 4.69) is 4.72 Å². The molecule has 0 aliphatic carbocycles. The lowest BCUT2D eigenvalue weighted by atomic mass is 9.95. The molecule has 0 bridgehead atoms. The van der Waals surface area contributed by atoms with Crippen molar-refractivity contribution in [1.29, 1.82) is 0 Å². The standard InChI is InChI=1S/C18H18N2O5S3/c19-17(21)10-25-14-3-5-15(6-4-14)28(23,24)20-12-18(22,13-7-9-26-11-13)16-2-1-8-27-16/h1-9,11,20,22H,10,12H2,(H2,19,21). The van der Waals surface area contributed by atoms with Gasteiger partial charge in [0.05, 0.1) is 4.90 Å². The molecule has 3 rings (SSSR count). The Hall–Kier alpha value is -2.24. The van der Waals surface area contributed by atoms with Gasteiger partial charge >= 0.3 is 0 Å². The molecule has 0 aliphatic rings. The summed E-state index contributed by atoms with van der Waals surface area (Å²) in [6.07, 6.45) is 0. The molecular formula is C18H18N2O5S3. The zero-order valence-corrected chi connectivity index (χ0v) is 17.0. The minimum atomic E-state index is -3.87. The van der Waals surface area contributed by atoms with Crippen LogP contribution in [0.3, 0.4) is 0 Å². The van der Waals surface area contributed by atoms with Gasteiger partial charge in [-0.25, -0.2) is 13.1 Å². The van der Waals surface area contributed by atoms with Crippen LogP contribution in [0.4, 0.5) is 0 Å². The number of nitrogens with two attached hydrogens (primary N) is 1. The molecule has 1 amide bonds. The number of benzene rings is 1. The minimum absolute atomic E-state index is 0.0118. The maximum Gasteiger partial charge on any atom is 0.255 e. The zero-order chi connectivity index (χ0) is 20.2. The first-order valence-electron chi connectivity index (χ1n) is 8.11. The van der Waals surface area contributed by atoms with Gasteiger partial charge in [-0.3, -0.25) is 4.79 Å². The molecule has 0 saturated carbocycles. The number of primary amides is 1. The fourth-order valence-electron chi connectivity index (χ4n) is 2.50. The van der Waals surface area contributed by atoms with Crippen molar-refractivity contribution in [2.75, 3.05) is 13.2 Å². The lowest BCUT2D eigenvalue weighted by Crippen LogP contribution is -2.40. The first-order valence-corrected chi connectivity index (χ1v) is 11.4. The molecule has 2 aromatic heterocycles. The molecule has 28 heavy (non-hydrogen) atoms. The Labute approximate surface area is 170 Å². The fourth-order valence-corrected chi connectivity index (χ4v) is 5.13. The van der Waals surface area contributed by atoms with E-state index in [-0.39, 0.29) is 18.0 Å². The highest BCUT2D eigenvalue weighted by atomic mass is 32.2. The molecule has 7 nitrogen and oxygen atoms in total. The van der Waals surface area contributed by atoms with Crippen molar-refractivity contribution in [1.82, 2.24) is 4.72 Å². The number of thiophene rings is 2. The lowest BCUT2D eigenvalue weighted by molar-refractivity contribution is -0.119. The van der Waals surface area contributed by atoms with Gasteiger partial charge in [0.25, 0.3) is 5.91 Å². The van der Waals surface area contributed by atoms with Crippen LogP contribution in [0.1, 0.15) is 10.4 Å². The van der Waals surface area contributed by atoms with Crippen LogP contribution in [0, 0.1) is 0 Å². The van der Waals surface area contributed by atoms with Gasteiger partial charge in [-0.05, 0) is 52.5 Å². The molecule has 1 atom stereocenters. The predicted molar refractivity (Wildman–Crippen MR) is 108 cm³/mol. The molecule has 0 spiro atoms. The highest BCUT2D eigenvalue weighted by Crippen LogP contribution is 2.34. The third-order valence-electron chi connectivity index (χ3n) is 3.96. The van der Waals surface area contributed by atoms with Crippen molar-refractivity contribution in [2.45, 2.75) is 10.5 Å².